The van der Waals surface area contributed by atoms with E-state index in [1.807, 2.05) is 0 Å². The SMILES string of the molecule is CC1(C)[C@H](NC(=O)/C(=N\OCc2cc(=O)c(O)cn2O)c2nc(N)sc2Cl)C(=O)N1OCC(=O)O. The molecule has 35 heavy (non-hydrogen) atoms. The fraction of sp³-hybridized carbons (Fsp3) is 0.333. The van der Waals surface area contributed by atoms with E-state index in [1.165, 1.54) is 13.8 Å². The van der Waals surface area contributed by atoms with Crippen LogP contribution in [-0.2, 0) is 30.7 Å². The Morgan fingerprint density at radius 2 is 2.09 bits per heavy atom. The summed E-state index contributed by atoms with van der Waals surface area (Å²) in [5, 5.41) is 34.9. The van der Waals surface area contributed by atoms with Crippen molar-refractivity contribution in [3.05, 3.63) is 38.2 Å². The second kappa shape index (κ2) is 9.77. The predicted octanol–water partition coefficient (Wildman–Crippen LogP) is -0.474. The van der Waals surface area contributed by atoms with Crippen LogP contribution in [-0.4, -0.2) is 71.9 Å². The number of aromatic nitrogens is 2. The number of carboxylic acid groups (broad SMARTS) is 1. The van der Waals surface area contributed by atoms with Gasteiger partial charge in [0, 0.05) is 6.07 Å². The molecule has 0 bridgehead atoms. The van der Waals surface area contributed by atoms with Gasteiger partial charge in [-0.05, 0) is 13.8 Å². The van der Waals surface area contributed by atoms with E-state index in [0.29, 0.717) is 4.73 Å². The van der Waals surface area contributed by atoms with Crippen LogP contribution in [0, 0.1) is 0 Å². The van der Waals surface area contributed by atoms with Crippen LogP contribution in [0.3, 0.4) is 0 Å². The van der Waals surface area contributed by atoms with Crippen molar-refractivity contribution in [1.82, 2.24) is 20.1 Å². The van der Waals surface area contributed by atoms with Crippen molar-refractivity contribution in [3.63, 3.8) is 0 Å². The van der Waals surface area contributed by atoms with E-state index < -0.39 is 59.5 Å². The summed E-state index contributed by atoms with van der Waals surface area (Å²) in [5.41, 5.74) is 3.01. The summed E-state index contributed by atoms with van der Waals surface area (Å²) in [7, 11) is 0. The lowest BCUT2D eigenvalue weighted by Crippen LogP contribution is -2.76. The zero-order valence-electron chi connectivity index (χ0n) is 18.1. The molecule has 2 aromatic rings. The highest BCUT2D eigenvalue weighted by Crippen LogP contribution is 2.32. The van der Waals surface area contributed by atoms with Crippen LogP contribution in [0.1, 0.15) is 25.2 Å². The first-order chi connectivity index (χ1) is 16.3. The number of oxime groups is 1. The van der Waals surface area contributed by atoms with Crippen molar-refractivity contribution in [2.75, 3.05) is 12.3 Å². The number of hydrogen-bond donors (Lipinski definition) is 5. The second-order valence-electron chi connectivity index (χ2n) is 7.61. The van der Waals surface area contributed by atoms with E-state index in [4.69, 9.17) is 32.1 Å². The Hall–Kier alpha value is -3.89. The normalized spacial score (nSPS) is 17.1. The number of carbonyl (C=O) groups is 3. The highest BCUT2D eigenvalue weighted by atomic mass is 35.5. The first kappa shape index (κ1) is 25.7. The number of aromatic hydroxyl groups is 1. The molecule has 1 atom stereocenters. The van der Waals surface area contributed by atoms with Gasteiger partial charge in [-0.25, -0.2) is 14.8 Å². The second-order valence-corrected chi connectivity index (χ2v) is 9.24. The number of aliphatic carboxylic acids is 1. The molecule has 17 heteroatoms. The molecular formula is C18H19ClN6O9S. The largest absolute Gasteiger partial charge is 0.503 e. The molecule has 15 nitrogen and oxygen atoms in total. The number of carbonyl (C=O) groups excluding carboxylic acids is 2. The summed E-state index contributed by atoms with van der Waals surface area (Å²) in [6.07, 6.45) is 0.749. The number of β-lactam (4-membered cyclic amide) rings is 1. The molecule has 1 aliphatic heterocycles. The maximum absolute atomic E-state index is 13.0. The van der Waals surface area contributed by atoms with Crippen molar-refractivity contribution in [2.24, 2.45) is 5.16 Å². The third-order valence-corrected chi connectivity index (χ3v) is 5.85. The third kappa shape index (κ3) is 5.28. The molecule has 0 spiro atoms. The maximum atomic E-state index is 13.0. The van der Waals surface area contributed by atoms with Gasteiger partial charge in [-0.15, -0.1) is 0 Å². The molecular weight excluding hydrogens is 512 g/mol. The first-order valence-corrected chi connectivity index (χ1v) is 10.8. The number of halogens is 1. The van der Waals surface area contributed by atoms with E-state index in [2.05, 4.69) is 15.5 Å². The first-order valence-electron chi connectivity index (χ1n) is 9.58. The Balaban J connectivity index is 1.81. The summed E-state index contributed by atoms with van der Waals surface area (Å²) in [4.78, 5) is 61.8. The number of nitrogens with zero attached hydrogens (tertiary/aromatic N) is 4. The van der Waals surface area contributed by atoms with E-state index in [1.54, 1.807) is 0 Å². The van der Waals surface area contributed by atoms with Crippen molar-refractivity contribution in [1.29, 1.82) is 0 Å². The van der Waals surface area contributed by atoms with Gasteiger partial charge in [0.1, 0.15) is 21.8 Å². The topological polar surface area (TPSA) is 219 Å². The molecule has 1 aliphatic rings. The standard InChI is InChI=1S/C18H19ClN6O9S/c1-18(2)13(16(31)25(18)34-6-10(28)29)22-15(30)12(11-14(19)35-17(20)21-11)23-33-5-7-3-8(26)9(27)4-24(7)32/h3-4,13,27,32H,5-6H2,1-2H3,(H2,20,21)(H,22,30)(H,28,29)/b23-12-/t13-/m1/s1. The van der Waals surface area contributed by atoms with Gasteiger partial charge in [-0.2, -0.15) is 4.73 Å². The summed E-state index contributed by atoms with van der Waals surface area (Å²) in [5.74, 6) is -3.63. The van der Waals surface area contributed by atoms with Crippen LogP contribution in [0.2, 0.25) is 4.34 Å². The molecule has 188 valence electrons. The van der Waals surface area contributed by atoms with Gasteiger partial charge in [-0.1, -0.05) is 28.1 Å². The van der Waals surface area contributed by atoms with Gasteiger partial charge < -0.3 is 31.3 Å². The molecule has 6 N–H and O–H groups in total. The van der Waals surface area contributed by atoms with Crippen LogP contribution in [0.4, 0.5) is 5.13 Å². The number of hydrogen-bond acceptors (Lipinski definition) is 12. The third-order valence-electron chi connectivity index (χ3n) is 4.77. The number of pyridine rings is 1. The predicted molar refractivity (Wildman–Crippen MR) is 119 cm³/mol. The Morgan fingerprint density at radius 3 is 2.66 bits per heavy atom. The monoisotopic (exact) mass is 530 g/mol. The zero-order valence-corrected chi connectivity index (χ0v) is 19.7. The van der Waals surface area contributed by atoms with Crippen molar-refractivity contribution in [3.8, 4) is 5.75 Å². The molecule has 2 aromatic heterocycles. The number of thiazole rings is 1. The lowest BCUT2D eigenvalue weighted by Gasteiger charge is -2.51. The number of anilines is 1. The van der Waals surface area contributed by atoms with Crippen LogP contribution >= 0.6 is 22.9 Å². The molecule has 3 rings (SSSR count). The number of hydroxylamine groups is 2. The Labute approximate surface area is 204 Å². The summed E-state index contributed by atoms with van der Waals surface area (Å²) >= 11 is 6.95. The lowest BCUT2D eigenvalue weighted by molar-refractivity contribution is -0.257. The number of rotatable bonds is 9. The smallest absolute Gasteiger partial charge is 0.332 e. The van der Waals surface area contributed by atoms with Crippen LogP contribution in [0.25, 0.3) is 0 Å². The summed E-state index contributed by atoms with van der Waals surface area (Å²) in [6, 6.07) is -0.233. The number of nitrogens with one attached hydrogen (secondary N) is 1. The molecule has 2 amide bonds. The molecule has 0 aromatic carbocycles. The quantitative estimate of drug-likeness (QED) is 0.121. The molecule has 0 saturated carbocycles. The average Bonchev–Trinajstić information content (AvgIpc) is 3.09. The molecule has 3 heterocycles. The number of amides is 2. The Morgan fingerprint density at radius 1 is 1.40 bits per heavy atom. The molecule has 1 saturated heterocycles. The average molecular weight is 531 g/mol. The van der Waals surface area contributed by atoms with Gasteiger partial charge >= 0.3 is 5.97 Å². The summed E-state index contributed by atoms with van der Waals surface area (Å²) < 4.78 is 0.426. The molecule has 0 unspecified atom stereocenters. The van der Waals surface area contributed by atoms with Crippen LogP contribution in [0.15, 0.2) is 22.2 Å². The highest BCUT2D eigenvalue weighted by molar-refractivity contribution is 7.19. The Kier molecular flexibility index (Phi) is 7.18. The van der Waals surface area contributed by atoms with E-state index in [-0.39, 0.29) is 20.9 Å². The lowest BCUT2D eigenvalue weighted by atomic mass is 9.84. The van der Waals surface area contributed by atoms with Gasteiger partial charge in [0.15, 0.2) is 29.8 Å². The number of nitrogens with two attached hydrogens (primary N) is 1. The van der Waals surface area contributed by atoms with Crippen molar-refractivity contribution < 1.29 is 39.5 Å². The van der Waals surface area contributed by atoms with Crippen molar-refractivity contribution >= 4 is 51.6 Å². The van der Waals surface area contributed by atoms with E-state index >= 15 is 0 Å². The fourth-order valence-corrected chi connectivity index (χ4v) is 3.95. The minimum absolute atomic E-state index is 0.00526. The number of carboxylic acids is 1. The van der Waals surface area contributed by atoms with Crippen LogP contribution in [0.5, 0.6) is 5.75 Å². The molecule has 0 aliphatic carbocycles. The van der Waals surface area contributed by atoms with Crippen molar-refractivity contribution in [2.45, 2.75) is 32.0 Å². The Bertz CT molecular complexity index is 1270. The van der Waals surface area contributed by atoms with E-state index in [9.17, 15) is 29.5 Å². The zero-order chi connectivity index (χ0) is 26.1. The van der Waals surface area contributed by atoms with Gasteiger partial charge in [-0.3, -0.25) is 19.2 Å². The minimum Gasteiger partial charge on any atom is -0.503 e. The van der Waals surface area contributed by atoms with Crippen LogP contribution < -0.4 is 16.5 Å². The summed E-state index contributed by atoms with van der Waals surface area (Å²) in [6.45, 7) is 1.81. The van der Waals surface area contributed by atoms with Gasteiger partial charge in [0.2, 0.25) is 5.43 Å². The van der Waals surface area contributed by atoms with E-state index in [0.717, 1.165) is 28.7 Å². The fourth-order valence-electron chi connectivity index (χ4n) is 3.02. The number of nitrogen functional groups attached to an aromatic ring is 1. The maximum Gasteiger partial charge on any atom is 0.332 e. The minimum atomic E-state index is -1.29. The highest BCUT2D eigenvalue weighted by Gasteiger charge is 2.56. The van der Waals surface area contributed by atoms with Gasteiger partial charge in [0.05, 0.1) is 11.7 Å². The van der Waals surface area contributed by atoms with Gasteiger partial charge in [0.25, 0.3) is 11.8 Å². The molecule has 1 fully saturated rings. The molecule has 0 radical (unpaired) electrons.